The number of carbonyl (C=O) groups is 1. The van der Waals surface area contributed by atoms with E-state index in [1.165, 1.54) is 0 Å². The zero-order valence-electron chi connectivity index (χ0n) is 11.2. The number of nitrogen functional groups attached to an aromatic ring is 1. The minimum atomic E-state index is 0.0912. The number of pyridine rings is 1. The molecular formula is C14H18N4O. The van der Waals surface area contributed by atoms with Gasteiger partial charge in [0.1, 0.15) is 0 Å². The average Bonchev–Trinajstić information content (AvgIpc) is 2.41. The average molecular weight is 258 g/mol. The Morgan fingerprint density at radius 2 is 2.16 bits per heavy atom. The molecule has 0 aliphatic carbocycles. The zero-order valence-corrected chi connectivity index (χ0v) is 11.2. The normalized spacial score (nSPS) is 10.4. The number of carbonyl (C=O) groups excluding carboxylic acids is 1. The van der Waals surface area contributed by atoms with Crippen molar-refractivity contribution in [2.24, 2.45) is 0 Å². The van der Waals surface area contributed by atoms with Crippen LogP contribution in [0.2, 0.25) is 0 Å². The molecule has 0 atom stereocenters. The molecule has 0 bridgehead atoms. The van der Waals surface area contributed by atoms with Crippen molar-refractivity contribution < 1.29 is 4.79 Å². The Labute approximate surface area is 112 Å². The molecule has 2 rings (SSSR count). The summed E-state index contributed by atoms with van der Waals surface area (Å²) >= 11 is 0. The minimum absolute atomic E-state index is 0.0912. The van der Waals surface area contributed by atoms with Crippen LogP contribution in [0.4, 0.5) is 11.4 Å². The van der Waals surface area contributed by atoms with Crippen molar-refractivity contribution >= 4 is 28.2 Å². The second kappa shape index (κ2) is 5.56. The van der Waals surface area contributed by atoms with Gasteiger partial charge in [-0.2, -0.15) is 0 Å². The molecule has 5 nitrogen and oxygen atoms in total. The van der Waals surface area contributed by atoms with Crippen LogP contribution in [0.25, 0.3) is 10.9 Å². The fraction of sp³-hybridized carbons (Fsp3) is 0.286. The van der Waals surface area contributed by atoms with E-state index in [4.69, 9.17) is 5.73 Å². The molecular weight excluding hydrogens is 240 g/mol. The molecule has 0 saturated heterocycles. The van der Waals surface area contributed by atoms with Crippen LogP contribution in [-0.2, 0) is 4.79 Å². The second-order valence-corrected chi connectivity index (χ2v) is 4.56. The van der Waals surface area contributed by atoms with Crippen LogP contribution in [0.15, 0.2) is 30.5 Å². The number of amides is 1. The Morgan fingerprint density at radius 1 is 1.37 bits per heavy atom. The van der Waals surface area contributed by atoms with Gasteiger partial charge in [0.2, 0.25) is 5.91 Å². The Morgan fingerprint density at radius 3 is 2.89 bits per heavy atom. The van der Waals surface area contributed by atoms with Gasteiger partial charge in [0.05, 0.1) is 16.9 Å². The third kappa shape index (κ3) is 2.93. The number of nitrogens with zero attached hydrogens (tertiary/aromatic N) is 2. The summed E-state index contributed by atoms with van der Waals surface area (Å²) < 4.78 is 0. The Balaban J connectivity index is 2.09. The van der Waals surface area contributed by atoms with Crippen LogP contribution in [0.3, 0.4) is 0 Å². The van der Waals surface area contributed by atoms with Gasteiger partial charge >= 0.3 is 0 Å². The molecule has 100 valence electrons. The lowest BCUT2D eigenvalue weighted by Gasteiger charge is -2.13. The van der Waals surface area contributed by atoms with Crippen molar-refractivity contribution in [2.75, 3.05) is 31.7 Å². The van der Waals surface area contributed by atoms with E-state index in [1.807, 2.05) is 24.3 Å². The van der Waals surface area contributed by atoms with Crippen molar-refractivity contribution in [3.63, 3.8) is 0 Å². The van der Waals surface area contributed by atoms with Gasteiger partial charge in [-0.15, -0.1) is 0 Å². The van der Waals surface area contributed by atoms with E-state index >= 15 is 0 Å². The number of fused-ring (bicyclic) bond motifs is 1. The molecule has 0 saturated carbocycles. The Kier molecular flexibility index (Phi) is 3.85. The SMILES string of the molecule is CN(C)C(=O)CCNc1ccc2ncccc2c1N. The largest absolute Gasteiger partial charge is 0.397 e. The summed E-state index contributed by atoms with van der Waals surface area (Å²) in [6, 6.07) is 7.61. The monoisotopic (exact) mass is 258 g/mol. The van der Waals surface area contributed by atoms with E-state index in [1.54, 1.807) is 25.2 Å². The van der Waals surface area contributed by atoms with Crippen LogP contribution < -0.4 is 11.1 Å². The molecule has 19 heavy (non-hydrogen) atoms. The van der Waals surface area contributed by atoms with Crippen LogP contribution in [0.5, 0.6) is 0 Å². The summed E-state index contributed by atoms with van der Waals surface area (Å²) in [5, 5.41) is 4.11. The molecule has 0 spiro atoms. The van der Waals surface area contributed by atoms with E-state index < -0.39 is 0 Å². The predicted octanol–water partition coefficient (Wildman–Crippen LogP) is 1.71. The molecule has 1 heterocycles. The Hall–Kier alpha value is -2.30. The summed E-state index contributed by atoms with van der Waals surface area (Å²) in [5.41, 5.74) is 8.48. The maximum Gasteiger partial charge on any atom is 0.223 e. The van der Waals surface area contributed by atoms with E-state index in [0.29, 0.717) is 18.7 Å². The first-order chi connectivity index (χ1) is 9.09. The number of nitrogens with two attached hydrogens (primary N) is 1. The lowest BCUT2D eigenvalue weighted by molar-refractivity contribution is -0.128. The maximum atomic E-state index is 11.5. The molecule has 0 radical (unpaired) electrons. The number of anilines is 2. The molecule has 1 aromatic heterocycles. The van der Waals surface area contributed by atoms with Gasteiger partial charge in [-0.25, -0.2) is 0 Å². The molecule has 0 fully saturated rings. The van der Waals surface area contributed by atoms with Crippen LogP contribution in [0.1, 0.15) is 6.42 Å². The summed E-state index contributed by atoms with van der Waals surface area (Å²) in [6.07, 6.45) is 2.18. The van der Waals surface area contributed by atoms with Gasteiger partial charge in [-0.05, 0) is 24.3 Å². The highest BCUT2D eigenvalue weighted by Gasteiger charge is 2.06. The quantitative estimate of drug-likeness (QED) is 0.819. The van der Waals surface area contributed by atoms with E-state index in [2.05, 4.69) is 10.3 Å². The Bertz CT molecular complexity index is 595. The van der Waals surface area contributed by atoms with Crippen molar-refractivity contribution in [3.05, 3.63) is 30.5 Å². The standard InChI is InChI=1S/C14H18N4O/c1-18(2)13(19)7-9-17-12-6-5-11-10(14(12)15)4-3-8-16-11/h3-6,8,17H,7,9,15H2,1-2H3. The van der Waals surface area contributed by atoms with Gasteiger partial charge in [0, 0.05) is 38.6 Å². The van der Waals surface area contributed by atoms with Crippen LogP contribution >= 0.6 is 0 Å². The lowest BCUT2D eigenvalue weighted by atomic mass is 10.1. The zero-order chi connectivity index (χ0) is 13.8. The molecule has 3 N–H and O–H groups in total. The van der Waals surface area contributed by atoms with Crippen molar-refractivity contribution in [3.8, 4) is 0 Å². The molecule has 1 amide bonds. The predicted molar refractivity (Wildman–Crippen MR) is 78.0 cm³/mol. The van der Waals surface area contributed by atoms with Crippen LogP contribution in [0, 0.1) is 0 Å². The third-order valence-electron chi connectivity index (χ3n) is 2.98. The highest BCUT2D eigenvalue weighted by Crippen LogP contribution is 2.27. The first kappa shape index (κ1) is 13.1. The van der Waals surface area contributed by atoms with Gasteiger partial charge < -0.3 is 16.0 Å². The topological polar surface area (TPSA) is 71.2 Å². The molecule has 2 aromatic rings. The van der Waals surface area contributed by atoms with Crippen molar-refractivity contribution in [2.45, 2.75) is 6.42 Å². The molecule has 5 heteroatoms. The molecule has 0 aliphatic rings. The van der Waals surface area contributed by atoms with Crippen molar-refractivity contribution in [1.29, 1.82) is 0 Å². The number of hydrogen-bond acceptors (Lipinski definition) is 4. The fourth-order valence-corrected chi connectivity index (χ4v) is 1.86. The smallest absolute Gasteiger partial charge is 0.223 e. The maximum absolute atomic E-state index is 11.5. The number of benzene rings is 1. The first-order valence-corrected chi connectivity index (χ1v) is 6.17. The van der Waals surface area contributed by atoms with Gasteiger partial charge in [-0.1, -0.05) is 0 Å². The molecule has 0 aliphatic heterocycles. The summed E-state index contributed by atoms with van der Waals surface area (Å²) in [7, 11) is 3.50. The van der Waals surface area contributed by atoms with Gasteiger partial charge in [-0.3, -0.25) is 9.78 Å². The minimum Gasteiger partial charge on any atom is -0.397 e. The second-order valence-electron chi connectivity index (χ2n) is 4.56. The highest BCUT2D eigenvalue weighted by molar-refractivity contribution is 5.96. The summed E-state index contributed by atoms with van der Waals surface area (Å²) in [5.74, 6) is 0.0912. The molecule has 0 unspecified atom stereocenters. The number of hydrogen-bond donors (Lipinski definition) is 2. The number of rotatable bonds is 4. The number of nitrogens with one attached hydrogen (secondary N) is 1. The number of aromatic nitrogens is 1. The lowest BCUT2D eigenvalue weighted by Crippen LogP contribution is -2.24. The highest BCUT2D eigenvalue weighted by atomic mass is 16.2. The molecule has 1 aromatic carbocycles. The summed E-state index contributed by atoms with van der Waals surface area (Å²) in [4.78, 5) is 17.3. The van der Waals surface area contributed by atoms with Gasteiger partial charge in [0.15, 0.2) is 0 Å². The third-order valence-corrected chi connectivity index (χ3v) is 2.98. The van der Waals surface area contributed by atoms with E-state index in [-0.39, 0.29) is 5.91 Å². The van der Waals surface area contributed by atoms with E-state index in [9.17, 15) is 4.79 Å². The van der Waals surface area contributed by atoms with Crippen molar-refractivity contribution in [1.82, 2.24) is 9.88 Å². The van der Waals surface area contributed by atoms with E-state index in [0.717, 1.165) is 16.6 Å². The first-order valence-electron chi connectivity index (χ1n) is 6.17. The van der Waals surface area contributed by atoms with Crippen LogP contribution in [-0.4, -0.2) is 36.4 Å². The summed E-state index contributed by atoms with van der Waals surface area (Å²) in [6.45, 7) is 0.562. The fourth-order valence-electron chi connectivity index (χ4n) is 1.86. The van der Waals surface area contributed by atoms with Gasteiger partial charge in [0.25, 0.3) is 0 Å².